The number of carbonyl (C=O) groups is 1. The zero-order valence-corrected chi connectivity index (χ0v) is 12.7. The average Bonchev–Trinajstić information content (AvgIpc) is 2.33. The molecular formula is C13H18FN3O3S. The Morgan fingerprint density at radius 2 is 1.95 bits per heavy atom. The van der Waals surface area contributed by atoms with Gasteiger partial charge in [-0.25, -0.2) is 12.8 Å². The highest BCUT2D eigenvalue weighted by atomic mass is 32.2. The maximum atomic E-state index is 14.0. The molecule has 21 heavy (non-hydrogen) atoms. The van der Waals surface area contributed by atoms with E-state index < -0.39 is 33.1 Å². The third-order valence-corrected chi connectivity index (χ3v) is 3.99. The molecule has 0 aliphatic carbocycles. The highest BCUT2D eigenvalue weighted by molar-refractivity contribution is 7.90. The maximum Gasteiger partial charge on any atom is 0.283 e. The van der Waals surface area contributed by atoms with Gasteiger partial charge in [-0.3, -0.25) is 4.79 Å². The van der Waals surface area contributed by atoms with Gasteiger partial charge in [0.2, 0.25) is 0 Å². The monoisotopic (exact) mass is 315 g/mol. The lowest BCUT2D eigenvalue weighted by molar-refractivity contribution is 0.0998. The van der Waals surface area contributed by atoms with Crippen LogP contribution in [0, 0.1) is 5.82 Å². The summed E-state index contributed by atoms with van der Waals surface area (Å²) in [7, 11) is -3.59. The Bertz CT molecular complexity index is 680. The van der Waals surface area contributed by atoms with Crippen molar-refractivity contribution in [1.82, 2.24) is 0 Å². The smallest absolute Gasteiger partial charge is 0.283 e. The lowest BCUT2D eigenvalue weighted by atomic mass is 10.1. The van der Waals surface area contributed by atoms with E-state index in [4.69, 9.17) is 11.5 Å². The molecule has 0 unspecified atom stereocenters. The van der Waals surface area contributed by atoms with Crippen molar-refractivity contribution in [1.29, 1.82) is 0 Å². The summed E-state index contributed by atoms with van der Waals surface area (Å²) in [5.41, 5.74) is 10.0. The van der Waals surface area contributed by atoms with Gasteiger partial charge in [-0.2, -0.15) is 4.99 Å². The van der Waals surface area contributed by atoms with Gasteiger partial charge in [-0.1, -0.05) is 13.3 Å². The number of nitrogens with zero attached hydrogens (tertiary/aromatic N) is 1. The van der Waals surface area contributed by atoms with Crippen LogP contribution >= 0.6 is 0 Å². The van der Waals surface area contributed by atoms with Crippen molar-refractivity contribution in [2.45, 2.75) is 31.1 Å². The van der Waals surface area contributed by atoms with E-state index in [9.17, 15) is 17.6 Å². The van der Waals surface area contributed by atoms with Gasteiger partial charge in [0.05, 0.1) is 10.5 Å². The number of aliphatic imine (C=N–C) groups is 1. The standard InChI is InChI=1S/C13H18FN3O3S/c1-3-4-5-8-6-10(14)9(12(18)17-13(15)16)7-11(8)21(2,19)20/h6-7H,3-5H2,1-2H3,(H4,15,16,17,18). The Kier molecular flexibility index (Phi) is 5.42. The van der Waals surface area contributed by atoms with E-state index >= 15 is 0 Å². The predicted octanol–water partition coefficient (Wildman–Crippen LogP) is 0.985. The van der Waals surface area contributed by atoms with Crippen molar-refractivity contribution in [3.63, 3.8) is 0 Å². The van der Waals surface area contributed by atoms with Crippen LogP contribution in [0.15, 0.2) is 22.0 Å². The first-order valence-electron chi connectivity index (χ1n) is 6.33. The van der Waals surface area contributed by atoms with Crippen molar-refractivity contribution in [2.75, 3.05) is 6.26 Å². The molecule has 0 saturated carbocycles. The Hall–Kier alpha value is -1.96. The van der Waals surface area contributed by atoms with E-state index in [0.717, 1.165) is 24.8 Å². The van der Waals surface area contributed by atoms with Gasteiger partial charge in [0, 0.05) is 6.26 Å². The van der Waals surface area contributed by atoms with Gasteiger partial charge in [0.15, 0.2) is 15.8 Å². The normalized spacial score (nSPS) is 11.2. The fourth-order valence-electron chi connectivity index (χ4n) is 1.84. The molecular weight excluding hydrogens is 297 g/mol. The molecule has 0 heterocycles. The van der Waals surface area contributed by atoms with Crippen LogP contribution in [-0.4, -0.2) is 26.5 Å². The number of carbonyl (C=O) groups excluding carboxylic acids is 1. The molecule has 0 aliphatic rings. The number of amides is 1. The van der Waals surface area contributed by atoms with Crippen LogP contribution in [-0.2, 0) is 16.3 Å². The van der Waals surface area contributed by atoms with E-state index in [0.29, 0.717) is 18.4 Å². The van der Waals surface area contributed by atoms with Crippen molar-refractivity contribution in [2.24, 2.45) is 16.5 Å². The molecule has 0 bridgehead atoms. The second kappa shape index (κ2) is 6.66. The minimum Gasteiger partial charge on any atom is -0.370 e. The van der Waals surface area contributed by atoms with Crippen LogP contribution in [0.5, 0.6) is 0 Å². The summed E-state index contributed by atoms with van der Waals surface area (Å²) in [6.07, 6.45) is 2.96. The fourth-order valence-corrected chi connectivity index (χ4v) is 2.81. The molecule has 8 heteroatoms. The van der Waals surface area contributed by atoms with Crippen molar-refractivity contribution in [3.05, 3.63) is 29.1 Å². The SMILES string of the molecule is CCCCc1cc(F)c(C(=O)N=C(N)N)cc1S(C)(=O)=O. The molecule has 116 valence electrons. The second-order valence-electron chi connectivity index (χ2n) is 4.66. The predicted molar refractivity (Wildman–Crippen MR) is 78.3 cm³/mol. The summed E-state index contributed by atoms with van der Waals surface area (Å²) >= 11 is 0. The van der Waals surface area contributed by atoms with Crippen molar-refractivity contribution >= 4 is 21.7 Å². The first kappa shape index (κ1) is 17.1. The summed E-state index contributed by atoms with van der Waals surface area (Å²) in [4.78, 5) is 14.8. The number of hydrogen-bond acceptors (Lipinski definition) is 3. The van der Waals surface area contributed by atoms with E-state index in [1.54, 1.807) is 0 Å². The van der Waals surface area contributed by atoms with Gasteiger partial charge in [0.25, 0.3) is 5.91 Å². The fraction of sp³-hybridized carbons (Fsp3) is 0.385. The van der Waals surface area contributed by atoms with E-state index in [-0.39, 0.29) is 4.90 Å². The van der Waals surface area contributed by atoms with E-state index in [2.05, 4.69) is 4.99 Å². The largest absolute Gasteiger partial charge is 0.370 e. The van der Waals surface area contributed by atoms with Gasteiger partial charge in [0.1, 0.15) is 5.82 Å². The quantitative estimate of drug-likeness (QED) is 0.477. The summed E-state index contributed by atoms with van der Waals surface area (Å²) < 4.78 is 37.6. The van der Waals surface area contributed by atoms with Crippen molar-refractivity contribution in [3.8, 4) is 0 Å². The third kappa shape index (κ3) is 4.52. The molecule has 0 aromatic heterocycles. The molecule has 0 fully saturated rings. The number of hydrogen-bond donors (Lipinski definition) is 2. The number of aryl methyl sites for hydroxylation is 1. The second-order valence-corrected chi connectivity index (χ2v) is 6.64. The first-order valence-corrected chi connectivity index (χ1v) is 8.22. The zero-order valence-electron chi connectivity index (χ0n) is 11.9. The summed E-state index contributed by atoms with van der Waals surface area (Å²) in [6.45, 7) is 1.94. The van der Waals surface area contributed by atoms with Crippen LogP contribution in [0.3, 0.4) is 0 Å². The van der Waals surface area contributed by atoms with E-state index in [1.807, 2.05) is 6.92 Å². The molecule has 6 nitrogen and oxygen atoms in total. The maximum absolute atomic E-state index is 14.0. The average molecular weight is 315 g/mol. The van der Waals surface area contributed by atoms with Crippen LogP contribution in [0.4, 0.5) is 4.39 Å². The molecule has 0 spiro atoms. The molecule has 4 N–H and O–H groups in total. The molecule has 1 aromatic rings. The molecule has 0 radical (unpaired) electrons. The number of rotatable bonds is 5. The van der Waals surface area contributed by atoms with E-state index in [1.165, 1.54) is 0 Å². The zero-order chi connectivity index (χ0) is 16.2. The number of unbranched alkanes of at least 4 members (excludes halogenated alkanes) is 1. The van der Waals surface area contributed by atoms with Crippen LogP contribution in [0.25, 0.3) is 0 Å². The minimum absolute atomic E-state index is 0.0773. The van der Waals surface area contributed by atoms with Gasteiger partial charge >= 0.3 is 0 Å². The third-order valence-electron chi connectivity index (χ3n) is 2.81. The lowest BCUT2D eigenvalue weighted by Crippen LogP contribution is -2.24. The Morgan fingerprint density at radius 3 is 2.43 bits per heavy atom. The molecule has 0 saturated heterocycles. The van der Waals surface area contributed by atoms with Crippen molar-refractivity contribution < 1.29 is 17.6 Å². The van der Waals surface area contributed by atoms with Crippen LogP contribution < -0.4 is 11.5 Å². The number of guanidine groups is 1. The summed E-state index contributed by atoms with van der Waals surface area (Å²) in [6, 6.07) is 2.05. The first-order chi connectivity index (χ1) is 9.66. The Morgan fingerprint density at radius 1 is 1.33 bits per heavy atom. The lowest BCUT2D eigenvalue weighted by Gasteiger charge is -2.10. The van der Waals surface area contributed by atoms with Gasteiger partial charge in [-0.05, 0) is 30.5 Å². The molecule has 1 amide bonds. The van der Waals surface area contributed by atoms with Crippen LogP contribution in [0.2, 0.25) is 0 Å². The molecule has 1 rings (SSSR count). The number of sulfone groups is 1. The molecule has 0 atom stereocenters. The highest BCUT2D eigenvalue weighted by Gasteiger charge is 2.20. The molecule has 1 aromatic carbocycles. The number of benzene rings is 1. The van der Waals surface area contributed by atoms with Gasteiger partial charge < -0.3 is 11.5 Å². The number of nitrogens with two attached hydrogens (primary N) is 2. The number of halogens is 1. The van der Waals surface area contributed by atoms with Gasteiger partial charge in [-0.15, -0.1) is 0 Å². The summed E-state index contributed by atoms with van der Waals surface area (Å²) in [5.74, 6) is -2.38. The Balaban J connectivity index is 3.45. The highest BCUT2D eigenvalue weighted by Crippen LogP contribution is 2.23. The topological polar surface area (TPSA) is 116 Å². The summed E-state index contributed by atoms with van der Waals surface area (Å²) in [5, 5.41) is 0. The Labute approximate surface area is 123 Å². The van der Waals surface area contributed by atoms with Crippen LogP contribution in [0.1, 0.15) is 35.7 Å². The minimum atomic E-state index is -3.59. The molecule has 0 aliphatic heterocycles.